The minimum atomic E-state index is -0.0733. The summed E-state index contributed by atoms with van der Waals surface area (Å²) in [6.45, 7) is 2.90. The van der Waals surface area contributed by atoms with Crippen LogP contribution in [-0.2, 0) is 0 Å². The molecule has 0 aliphatic rings. The van der Waals surface area contributed by atoms with Crippen LogP contribution in [0.5, 0.6) is 0 Å². The van der Waals surface area contributed by atoms with Crippen molar-refractivity contribution in [2.45, 2.75) is 12.3 Å². The Morgan fingerprint density at radius 1 is 1.38 bits per heavy atom. The molecule has 0 aliphatic carbocycles. The molecule has 0 radical (unpaired) electrons. The Labute approximate surface area is 106 Å². The number of amides is 1. The Morgan fingerprint density at radius 3 is 2.50 bits per heavy atom. The summed E-state index contributed by atoms with van der Waals surface area (Å²) < 4.78 is 0. The molecule has 1 aromatic rings. The molecular weight excluding hydrogens is 245 g/mol. The molecule has 0 N–H and O–H groups in total. The zero-order valence-corrected chi connectivity index (χ0v) is 10.7. The summed E-state index contributed by atoms with van der Waals surface area (Å²) in [6.07, 6.45) is 0. The van der Waals surface area contributed by atoms with Crippen molar-refractivity contribution in [1.82, 2.24) is 4.90 Å². The first-order valence-corrected chi connectivity index (χ1v) is 6.16. The lowest BCUT2D eigenvalue weighted by molar-refractivity contribution is 0.0767. The third kappa shape index (κ3) is 4.03. The summed E-state index contributed by atoms with van der Waals surface area (Å²) in [4.78, 5) is 13.8. The molecule has 1 amide bonds. The number of benzene rings is 1. The van der Waals surface area contributed by atoms with Gasteiger partial charge in [-0.25, -0.2) is 0 Å². The quantitative estimate of drug-likeness (QED) is 0.745. The van der Waals surface area contributed by atoms with E-state index in [0.29, 0.717) is 24.5 Å². The van der Waals surface area contributed by atoms with Crippen LogP contribution >= 0.6 is 23.2 Å². The van der Waals surface area contributed by atoms with Gasteiger partial charge in [-0.15, -0.1) is 23.2 Å². The summed E-state index contributed by atoms with van der Waals surface area (Å²) in [7, 11) is 0. The van der Waals surface area contributed by atoms with Crippen LogP contribution < -0.4 is 0 Å². The van der Waals surface area contributed by atoms with Gasteiger partial charge < -0.3 is 4.90 Å². The Morgan fingerprint density at radius 2 is 2.00 bits per heavy atom. The number of alkyl halides is 2. The number of rotatable bonds is 5. The highest BCUT2D eigenvalue weighted by molar-refractivity contribution is 6.20. The van der Waals surface area contributed by atoms with Crippen molar-refractivity contribution in [1.29, 1.82) is 0 Å². The van der Waals surface area contributed by atoms with Gasteiger partial charge in [0.2, 0.25) is 0 Å². The highest BCUT2D eigenvalue weighted by Gasteiger charge is 2.16. The normalized spacial score (nSPS) is 12.2. The number of hydrogen-bond acceptors (Lipinski definition) is 1. The van der Waals surface area contributed by atoms with Crippen LogP contribution in [0.25, 0.3) is 0 Å². The van der Waals surface area contributed by atoms with Crippen molar-refractivity contribution in [3.8, 4) is 0 Å². The van der Waals surface area contributed by atoms with E-state index >= 15 is 0 Å². The van der Waals surface area contributed by atoms with E-state index < -0.39 is 0 Å². The minimum absolute atomic E-state index is 0.0197. The fourth-order valence-corrected chi connectivity index (χ4v) is 1.82. The minimum Gasteiger partial charge on any atom is -0.336 e. The molecule has 0 aliphatic heterocycles. The van der Waals surface area contributed by atoms with Crippen LogP contribution in [0.15, 0.2) is 30.3 Å². The summed E-state index contributed by atoms with van der Waals surface area (Å²) >= 11 is 11.6. The van der Waals surface area contributed by atoms with Crippen molar-refractivity contribution in [2.24, 2.45) is 0 Å². The van der Waals surface area contributed by atoms with Gasteiger partial charge in [-0.3, -0.25) is 4.79 Å². The second-order valence-corrected chi connectivity index (χ2v) is 4.71. The average Bonchev–Trinajstić information content (AvgIpc) is 2.28. The molecule has 0 bridgehead atoms. The van der Waals surface area contributed by atoms with Gasteiger partial charge in [0.05, 0.1) is 0 Å². The van der Waals surface area contributed by atoms with Gasteiger partial charge in [0.15, 0.2) is 0 Å². The summed E-state index contributed by atoms with van der Waals surface area (Å²) in [5.41, 5.74) is 0.671. The molecular formula is C12H15Cl2NO. The highest BCUT2D eigenvalue weighted by atomic mass is 35.5. The smallest absolute Gasteiger partial charge is 0.253 e. The van der Waals surface area contributed by atoms with E-state index in [2.05, 4.69) is 0 Å². The van der Waals surface area contributed by atoms with Crippen molar-refractivity contribution in [3.05, 3.63) is 35.9 Å². The van der Waals surface area contributed by atoms with Crippen molar-refractivity contribution in [2.75, 3.05) is 19.0 Å². The van der Waals surface area contributed by atoms with Gasteiger partial charge in [0.1, 0.15) is 0 Å². The highest BCUT2D eigenvalue weighted by Crippen LogP contribution is 2.07. The lowest BCUT2D eigenvalue weighted by atomic mass is 10.2. The number of hydrogen-bond donors (Lipinski definition) is 0. The maximum absolute atomic E-state index is 12.1. The van der Waals surface area contributed by atoms with E-state index in [1.54, 1.807) is 17.0 Å². The van der Waals surface area contributed by atoms with Crippen LogP contribution in [0.4, 0.5) is 0 Å². The second kappa shape index (κ2) is 6.77. The molecule has 2 nitrogen and oxygen atoms in total. The van der Waals surface area contributed by atoms with Crippen molar-refractivity contribution >= 4 is 29.1 Å². The van der Waals surface area contributed by atoms with Crippen LogP contribution in [0, 0.1) is 0 Å². The third-order valence-corrected chi connectivity index (χ3v) is 2.44. The van der Waals surface area contributed by atoms with Crippen LogP contribution in [0.2, 0.25) is 0 Å². The molecule has 1 rings (SSSR count). The van der Waals surface area contributed by atoms with Gasteiger partial charge in [-0.1, -0.05) is 18.2 Å². The van der Waals surface area contributed by atoms with Gasteiger partial charge in [0, 0.05) is 29.9 Å². The molecule has 1 atom stereocenters. The number of nitrogens with zero attached hydrogens (tertiary/aromatic N) is 1. The zero-order valence-electron chi connectivity index (χ0n) is 9.20. The average molecular weight is 260 g/mol. The Balaban J connectivity index is 2.74. The van der Waals surface area contributed by atoms with Crippen molar-refractivity contribution in [3.63, 3.8) is 0 Å². The Bertz CT molecular complexity index is 327. The van der Waals surface area contributed by atoms with Gasteiger partial charge in [-0.2, -0.15) is 0 Å². The molecule has 0 fully saturated rings. The largest absolute Gasteiger partial charge is 0.336 e. The monoisotopic (exact) mass is 259 g/mol. The summed E-state index contributed by atoms with van der Waals surface area (Å²) in [5.74, 6) is 0.399. The molecule has 88 valence electrons. The molecule has 1 aromatic carbocycles. The molecule has 4 heteroatoms. The third-order valence-electron chi connectivity index (χ3n) is 2.13. The maximum atomic E-state index is 12.1. The predicted octanol–water partition coefficient (Wildman–Crippen LogP) is 2.99. The lowest BCUT2D eigenvalue weighted by Gasteiger charge is -2.22. The topological polar surface area (TPSA) is 20.3 Å². The van der Waals surface area contributed by atoms with E-state index in [1.165, 1.54) is 0 Å². The van der Waals surface area contributed by atoms with Gasteiger partial charge >= 0.3 is 0 Å². The van der Waals surface area contributed by atoms with E-state index in [9.17, 15) is 4.79 Å². The first-order chi connectivity index (χ1) is 7.65. The van der Waals surface area contributed by atoms with Crippen molar-refractivity contribution < 1.29 is 4.79 Å². The van der Waals surface area contributed by atoms with E-state index in [-0.39, 0.29) is 11.3 Å². The Kier molecular flexibility index (Phi) is 5.64. The molecule has 0 spiro atoms. The van der Waals surface area contributed by atoms with Crippen LogP contribution in [-0.4, -0.2) is 35.2 Å². The van der Waals surface area contributed by atoms with Gasteiger partial charge in [0.25, 0.3) is 5.91 Å². The van der Waals surface area contributed by atoms with Crippen LogP contribution in [0.3, 0.4) is 0 Å². The molecule has 0 saturated heterocycles. The number of carbonyl (C=O) groups is 1. The van der Waals surface area contributed by atoms with Gasteiger partial charge in [-0.05, 0) is 19.1 Å². The zero-order chi connectivity index (χ0) is 12.0. The fraction of sp³-hybridized carbons (Fsp3) is 0.417. The predicted molar refractivity (Wildman–Crippen MR) is 68.4 cm³/mol. The first kappa shape index (κ1) is 13.3. The molecule has 0 aromatic heterocycles. The molecule has 16 heavy (non-hydrogen) atoms. The van der Waals surface area contributed by atoms with E-state index in [0.717, 1.165) is 0 Å². The lowest BCUT2D eigenvalue weighted by Crippen LogP contribution is -2.36. The first-order valence-electron chi connectivity index (χ1n) is 5.19. The van der Waals surface area contributed by atoms with E-state index in [1.807, 2.05) is 25.1 Å². The second-order valence-electron chi connectivity index (χ2n) is 3.59. The summed E-state index contributed by atoms with van der Waals surface area (Å²) in [5, 5.41) is -0.0733. The molecule has 1 unspecified atom stereocenters. The molecule has 0 heterocycles. The fourth-order valence-electron chi connectivity index (χ4n) is 1.44. The van der Waals surface area contributed by atoms with E-state index in [4.69, 9.17) is 23.2 Å². The summed E-state index contributed by atoms with van der Waals surface area (Å²) in [6, 6.07) is 9.16. The Hall–Kier alpha value is -0.730. The maximum Gasteiger partial charge on any atom is 0.253 e. The standard InChI is InChI=1S/C12H15Cl2NO/c1-10(14)9-15(8-7-13)12(16)11-5-3-2-4-6-11/h2-6,10H,7-9H2,1H3. The number of carbonyl (C=O) groups excluding carboxylic acids is 1. The molecule has 0 saturated carbocycles. The SMILES string of the molecule is CC(Cl)CN(CCCl)C(=O)c1ccccc1. The van der Waals surface area contributed by atoms with Crippen LogP contribution in [0.1, 0.15) is 17.3 Å². The number of halogens is 2.